The number of ketones is 1. The third kappa shape index (κ3) is 2.45. The SMILES string of the molecule is NCc1ccc(C(=O)C2CC2c2ccccc2)cc1. The van der Waals surface area contributed by atoms with Crippen LogP contribution in [0.25, 0.3) is 0 Å². The predicted molar refractivity (Wildman–Crippen MR) is 76.0 cm³/mol. The molecule has 1 aliphatic carbocycles. The third-order valence-electron chi connectivity index (χ3n) is 3.83. The van der Waals surface area contributed by atoms with Crippen molar-refractivity contribution in [2.45, 2.75) is 18.9 Å². The monoisotopic (exact) mass is 251 g/mol. The van der Waals surface area contributed by atoms with E-state index in [2.05, 4.69) is 12.1 Å². The van der Waals surface area contributed by atoms with Gasteiger partial charge in [0.1, 0.15) is 0 Å². The molecule has 0 bridgehead atoms. The van der Waals surface area contributed by atoms with E-state index in [4.69, 9.17) is 5.73 Å². The average Bonchev–Trinajstić information content (AvgIpc) is 3.28. The summed E-state index contributed by atoms with van der Waals surface area (Å²) >= 11 is 0. The van der Waals surface area contributed by atoms with E-state index in [1.807, 2.05) is 42.5 Å². The van der Waals surface area contributed by atoms with Crippen LogP contribution in [-0.4, -0.2) is 5.78 Å². The first-order valence-corrected chi connectivity index (χ1v) is 6.68. The van der Waals surface area contributed by atoms with Gasteiger partial charge in [0.2, 0.25) is 0 Å². The van der Waals surface area contributed by atoms with E-state index in [9.17, 15) is 4.79 Å². The Kier molecular flexibility index (Phi) is 3.18. The topological polar surface area (TPSA) is 43.1 Å². The molecule has 2 unspecified atom stereocenters. The van der Waals surface area contributed by atoms with Crippen molar-refractivity contribution in [2.75, 3.05) is 0 Å². The van der Waals surface area contributed by atoms with Crippen molar-refractivity contribution < 1.29 is 4.79 Å². The zero-order valence-corrected chi connectivity index (χ0v) is 10.8. The fourth-order valence-corrected chi connectivity index (χ4v) is 2.57. The Morgan fingerprint density at radius 3 is 2.37 bits per heavy atom. The largest absolute Gasteiger partial charge is 0.326 e. The number of rotatable bonds is 4. The number of benzene rings is 2. The van der Waals surface area contributed by atoms with E-state index in [0.29, 0.717) is 12.5 Å². The van der Waals surface area contributed by atoms with Crippen LogP contribution in [0.3, 0.4) is 0 Å². The van der Waals surface area contributed by atoms with Crippen molar-refractivity contribution in [2.24, 2.45) is 11.7 Å². The van der Waals surface area contributed by atoms with Crippen LogP contribution in [0.1, 0.15) is 33.8 Å². The van der Waals surface area contributed by atoms with Crippen LogP contribution in [0.2, 0.25) is 0 Å². The maximum atomic E-state index is 12.4. The molecule has 0 aromatic heterocycles. The average molecular weight is 251 g/mol. The number of nitrogens with two attached hydrogens (primary N) is 1. The van der Waals surface area contributed by atoms with Gasteiger partial charge in [-0.2, -0.15) is 0 Å². The van der Waals surface area contributed by atoms with E-state index >= 15 is 0 Å². The number of hydrogen-bond acceptors (Lipinski definition) is 2. The van der Waals surface area contributed by atoms with Crippen LogP contribution < -0.4 is 5.73 Å². The van der Waals surface area contributed by atoms with Gasteiger partial charge in [-0.25, -0.2) is 0 Å². The molecule has 1 saturated carbocycles. The lowest BCUT2D eigenvalue weighted by Crippen LogP contribution is -2.04. The Morgan fingerprint density at radius 2 is 1.74 bits per heavy atom. The van der Waals surface area contributed by atoms with Gasteiger partial charge >= 0.3 is 0 Å². The number of carbonyl (C=O) groups is 1. The highest BCUT2D eigenvalue weighted by Gasteiger charge is 2.43. The molecule has 0 spiro atoms. The molecule has 3 rings (SSSR count). The predicted octanol–water partition coefficient (Wildman–Crippen LogP) is 3.13. The molecule has 2 N–H and O–H groups in total. The second-order valence-electron chi connectivity index (χ2n) is 5.12. The van der Waals surface area contributed by atoms with Gasteiger partial charge in [-0.1, -0.05) is 54.6 Å². The van der Waals surface area contributed by atoms with Gasteiger partial charge in [0.25, 0.3) is 0 Å². The lowest BCUT2D eigenvalue weighted by molar-refractivity contribution is 0.0965. The van der Waals surface area contributed by atoms with Crippen molar-refractivity contribution in [1.82, 2.24) is 0 Å². The molecular weight excluding hydrogens is 234 g/mol. The van der Waals surface area contributed by atoms with Gasteiger partial charge in [0.05, 0.1) is 0 Å². The van der Waals surface area contributed by atoms with E-state index in [1.165, 1.54) is 5.56 Å². The molecule has 0 amide bonds. The molecule has 1 aliphatic rings. The molecule has 2 heteroatoms. The second-order valence-corrected chi connectivity index (χ2v) is 5.12. The Hall–Kier alpha value is -1.93. The lowest BCUT2D eigenvalue weighted by Gasteiger charge is -2.02. The Labute approximate surface area is 113 Å². The summed E-state index contributed by atoms with van der Waals surface area (Å²) in [6.07, 6.45) is 0.974. The maximum absolute atomic E-state index is 12.4. The van der Waals surface area contributed by atoms with Crippen molar-refractivity contribution in [3.63, 3.8) is 0 Å². The molecule has 1 fully saturated rings. The molecule has 2 aromatic rings. The molecule has 0 heterocycles. The Balaban J connectivity index is 1.72. The van der Waals surface area contributed by atoms with Gasteiger partial charge < -0.3 is 5.73 Å². The van der Waals surface area contributed by atoms with Crippen LogP contribution >= 0.6 is 0 Å². The molecule has 2 atom stereocenters. The Morgan fingerprint density at radius 1 is 1.05 bits per heavy atom. The van der Waals surface area contributed by atoms with E-state index < -0.39 is 0 Å². The molecular formula is C17H17NO. The summed E-state index contributed by atoms with van der Waals surface area (Å²) in [7, 11) is 0. The highest BCUT2D eigenvalue weighted by atomic mass is 16.1. The first-order chi connectivity index (χ1) is 9.29. The van der Waals surface area contributed by atoms with Crippen LogP contribution in [-0.2, 0) is 6.54 Å². The minimum absolute atomic E-state index is 0.158. The van der Waals surface area contributed by atoms with Gasteiger partial charge in [0.15, 0.2) is 5.78 Å². The summed E-state index contributed by atoms with van der Waals surface area (Å²) < 4.78 is 0. The van der Waals surface area contributed by atoms with Crippen molar-refractivity contribution in [1.29, 1.82) is 0 Å². The number of hydrogen-bond donors (Lipinski definition) is 1. The first-order valence-electron chi connectivity index (χ1n) is 6.68. The highest BCUT2D eigenvalue weighted by Crippen LogP contribution is 2.49. The van der Waals surface area contributed by atoms with E-state index in [0.717, 1.165) is 17.5 Å². The Bertz CT molecular complexity index is 574. The van der Waals surface area contributed by atoms with Gasteiger partial charge in [-0.15, -0.1) is 0 Å². The zero-order valence-electron chi connectivity index (χ0n) is 10.8. The van der Waals surface area contributed by atoms with Gasteiger partial charge in [-0.3, -0.25) is 4.79 Å². The quantitative estimate of drug-likeness (QED) is 0.848. The molecule has 96 valence electrons. The zero-order chi connectivity index (χ0) is 13.2. The fraction of sp³-hybridized carbons (Fsp3) is 0.235. The summed E-state index contributed by atoms with van der Waals surface area (Å²) in [6, 6.07) is 18.0. The summed E-state index contributed by atoms with van der Waals surface area (Å²) in [5, 5.41) is 0. The normalized spacial score (nSPS) is 21.1. The number of Topliss-reactive ketones (excluding diaryl/α,β-unsaturated/α-hetero) is 1. The minimum atomic E-state index is 0.158. The molecule has 19 heavy (non-hydrogen) atoms. The smallest absolute Gasteiger partial charge is 0.166 e. The van der Waals surface area contributed by atoms with Crippen LogP contribution in [0, 0.1) is 5.92 Å². The van der Waals surface area contributed by atoms with Crippen molar-refractivity contribution in [3.8, 4) is 0 Å². The van der Waals surface area contributed by atoms with Gasteiger partial charge in [-0.05, 0) is 23.5 Å². The summed E-state index contributed by atoms with van der Waals surface area (Å²) in [4.78, 5) is 12.4. The standard InChI is InChI=1S/C17H17NO/c18-11-12-6-8-14(9-7-12)17(19)16-10-15(16)13-4-2-1-3-5-13/h1-9,15-16H,10-11,18H2. The summed E-state index contributed by atoms with van der Waals surface area (Å²) in [5.74, 6) is 0.825. The van der Waals surface area contributed by atoms with Crippen LogP contribution in [0.5, 0.6) is 0 Å². The van der Waals surface area contributed by atoms with Crippen LogP contribution in [0.15, 0.2) is 54.6 Å². The van der Waals surface area contributed by atoms with Crippen LogP contribution in [0.4, 0.5) is 0 Å². The van der Waals surface area contributed by atoms with Gasteiger partial charge in [0, 0.05) is 18.0 Å². The highest BCUT2D eigenvalue weighted by molar-refractivity contribution is 6.00. The lowest BCUT2D eigenvalue weighted by atomic mass is 10.0. The molecule has 2 aromatic carbocycles. The summed E-state index contributed by atoms with van der Waals surface area (Å²) in [5.41, 5.74) is 8.71. The third-order valence-corrected chi connectivity index (χ3v) is 3.83. The minimum Gasteiger partial charge on any atom is -0.326 e. The number of carbonyl (C=O) groups excluding carboxylic acids is 1. The molecule has 0 aliphatic heterocycles. The maximum Gasteiger partial charge on any atom is 0.166 e. The second kappa shape index (κ2) is 4.98. The van der Waals surface area contributed by atoms with Crippen molar-refractivity contribution >= 4 is 5.78 Å². The fourth-order valence-electron chi connectivity index (χ4n) is 2.57. The van der Waals surface area contributed by atoms with E-state index in [-0.39, 0.29) is 11.7 Å². The summed E-state index contributed by atoms with van der Waals surface area (Å²) in [6.45, 7) is 0.518. The van der Waals surface area contributed by atoms with E-state index in [1.54, 1.807) is 0 Å². The molecule has 0 saturated heterocycles. The van der Waals surface area contributed by atoms with Crippen molar-refractivity contribution in [3.05, 3.63) is 71.3 Å². The first kappa shape index (κ1) is 12.1. The molecule has 0 radical (unpaired) electrons. The molecule has 2 nitrogen and oxygen atoms in total.